The summed E-state index contributed by atoms with van der Waals surface area (Å²) in [6, 6.07) is 3.80. The number of amides is 1. The van der Waals surface area contributed by atoms with Gasteiger partial charge in [0.1, 0.15) is 6.42 Å². The average molecular weight is 353 g/mol. The molecule has 0 aliphatic carbocycles. The van der Waals surface area contributed by atoms with Crippen LogP contribution in [-0.4, -0.2) is 22.2 Å². The van der Waals surface area contributed by atoms with E-state index in [1.54, 1.807) is 0 Å². The first-order valence-corrected chi connectivity index (χ1v) is 6.34. The summed E-state index contributed by atoms with van der Waals surface area (Å²) in [5, 5.41) is 5.26. The fourth-order valence-corrected chi connectivity index (χ4v) is 1.78. The van der Waals surface area contributed by atoms with Gasteiger partial charge in [0.05, 0.1) is 0 Å². The molecule has 0 bridgehead atoms. The summed E-state index contributed by atoms with van der Waals surface area (Å²) in [4.78, 5) is 14.4. The molecule has 0 saturated carbocycles. The maximum absolute atomic E-state index is 12.4. The highest BCUT2D eigenvalue weighted by molar-refractivity contribution is 5.92. The van der Waals surface area contributed by atoms with Gasteiger partial charge in [0.25, 0.3) is 0 Å². The highest BCUT2D eigenvalue weighted by atomic mass is 19.4. The van der Waals surface area contributed by atoms with E-state index in [4.69, 9.17) is 0 Å². The maximum Gasteiger partial charge on any atom is 0.471 e. The van der Waals surface area contributed by atoms with Crippen molar-refractivity contribution >= 4 is 11.6 Å². The summed E-state index contributed by atoms with van der Waals surface area (Å²) in [5.41, 5.74) is 0.564. The van der Waals surface area contributed by atoms with Crippen molar-refractivity contribution in [3.05, 3.63) is 29.7 Å². The van der Waals surface area contributed by atoms with Gasteiger partial charge in [-0.1, -0.05) is 5.16 Å². The van der Waals surface area contributed by atoms with Crippen molar-refractivity contribution in [2.75, 3.05) is 5.32 Å². The Morgan fingerprint density at radius 1 is 1.21 bits per heavy atom. The lowest BCUT2D eigenvalue weighted by atomic mass is 10.1. The van der Waals surface area contributed by atoms with Gasteiger partial charge < -0.3 is 9.84 Å². The zero-order valence-corrected chi connectivity index (χ0v) is 11.9. The molecule has 0 aliphatic heterocycles. The highest BCUT2D eigenvalue weighted by Gasteiger charge is 2.38. The molecule has 5 nitrogen and oxygen atoms in total. The monoisotopic (exact) mass is 353 g/mol. The largest absolute Gasteiger partial charge is 0.471 e. The van der Waals surface area contributed by atoms with Crippen LogP contribution in [0.3, 0.4) is 0 Å². The summed E-state index contributed by atoms with van der Waals surface area (Å²) in [7, 11) is 0. The Hall–Kier alpha value is -2.59. The Bertz CT molecular complexity index is 751. The van der Waals surface area contributed by atoms with Crippen molar-refractivity contribution in [3.63, 3.8) is 0 Å². The van der Waals surface area contributed by atoms with Crippen LogP contribution in [0, 0.1) is 6.92 Å². The summed E-state index contributed by atoms with van der Waals surface area (Å²) in [6.07, 6.45) is -11.1. The molecule has 0 spiro atoms. The molecule has 11 heteroatoms. The third-order valence-electron chi connectivity index (χ3n) is 2.79. The molecule has 2 rings (SSSR count). The lowest BCUT2D eigenvalue weighted by molar-refractivity contribution is -0.159. The van der Waals surface area contributed by atoms with E-state index in [2.05, 4.69) is 20.0 Å². The Labute approximate surface area is 130 Å². The standard InChI is InChI=1S/C13H9F6N3O2/c1-6-4-7(10-21-11(24-22-10)13(17,18)19)2-3-8(6)20-9(23)5-12(14,15)16/h2-4H,5H2,1H3,(H,20,23). The van der Waals surface area contributed by atoms with Gasteiger partial charge in [-0.05, 0) is 30.7 Å². The molecule has 0 fully saturated rings. The predicted molar refractivity (Wildman–Crippen MR) is 68.8 cm³/mol. The number of nitrogens with one attached hydrogen (secondary N) is 1. The number of aryl methyl sites for hydroxylation is 1. The fraction of sp³-hybridized carbons (Fsp3) is 0.308. The molecule has 1 N–H and O–H groups in total. The molecule has 0 saturated heterocycles. The molecule has 0 aliphatic rings. The topological polar surface area (TPSA) is 68.0 Å². The number of carbonyl (C=O) groups is 1. The minimum Gasteiger partial charge on any atom is -0.329 e. The number of carbonyl (C=O) groups excluding carboxylic acids is 1. The Kier molecular flexibility index (Phi) is 4.54. The molecular weight excluding hydrogens is 344 g/mol. The third kappa shape index (κ3) is 4.46. The molecule has 0 atom stereocenters. The van der Waals surface area contributed by atoms with Crippen molar-refractivity contribution in [1.29, 1.82) is 0 Å². The van der Waals surface area contributed by atoms with E-state index in [0.717, 1.165) is 0 Å². The molecule has 1 aromatic carbocycles. The van der Waals surface area contributed by atoms with Crippen molar-refractivity contribution in [2.24, 2.45) is 0 Å². The number of halogens is 6. The molecule has 1 amide bonds. The van der Waals surface area contributed by atoms with E-state index in [-0.39, 0.29) is 17.1 Å². The van der Waals surface area contributed by atoms with Crippen LogP contribution in [0.4, 0.5) is 32.0 Å². The van der Waals surface area contributed by atoms with Gasteiger partial charge in [-0.15, -0.1) is 0 Å². The van der Waals surface area contributed by atoms with Crippen molar-refractivity contribution in [3.8, 4) is 11.4 Å². The number of anilines is 1. The van der Waals surface area contributed by atoms with Crippen LogP contribution in [-0.2, 0) is 11.0 Å². The second-order valence-electron chi connectivity index (χ2n) is 4.79. The summed E-state index contributed by atoms with van der Waals surface area (Å²) in [6.45, 7) is 1.46. The smallest absolute Gasteiger partial charge is 0.329 e. The lowest BCUT2D eigenvalue weighted by Crippen LogP contribution is -2.21. The summed E-state index contributed by atoms with van der Waals surface area (Å²) in [5.74, 6) is -3.10. The van der Waals surface area contributed by atoms with Crippen LogP contribution in [0.1, 0.15) is 17.9 Å². The van der Waals surface area contributed by atoms with Gasteiger partial charge in [0, 0.05) is 11.3 Å². The van der Waals surface area contributed by atoms with Crippen LogP contribution < -0.4 is 5.32 Å². The van der Waals surface area contributed by atoms with Gasteiger partial charge >= 0.3 is 18.2 Å². The normalized spacial score (nSPS) is 12.3. The van der Waals surface area contributed by atoms with Crippen molar-refractivity contribution in [2.45, 2.75) is 25.7 Å². The fourth-order valence-electron chi connectivity index (χ4n) is 1.78. The van der Waals surface area contributed by atoms with Gasteiger partial charge in [-0.25, -0.2) is 0 Å². The minimum atomic E-state index is -4.79. The van der Waals surface area contributed by atoms with Crippen molar-refractivity contribution in [1.82, 2.24) is 10.1 Å². The second kappa shape index (κ2) is 6.13. The minimum absolute atomic E-state index is 0.0903. The van der Waals surface area contributed by atoms with E-state index in [1.165, 1.54) is 25.1 Å². The average Bonchev–Trinajstić information content (AvgIpc) is 2.88. The number of nitrogens with zero attached hydrogens (tertiary/aromatic N) is 2. The van der Waals surface area contributed by atoms with Crippen molar-refractivity contribution < 1.29 is 35.7 Å². The molecule has 2 aromatic rings. The number of hydrogen-bond donors (Lipinski definition) is 1. The van der Waals surface area contributed by atoms with E-state index in [1.807, 2.05) is 0 Å². The zero-order chi connectivity index (χ0) is 18.1. The number of benzene rings is 1. The number of hydrogen-bond acceptors (Lipinski definition) is 4. The number of aromatic nitrogens is 2. The van der Waals surface area contributed by atoms with Gasteiger partial charge in [0.2, 0.25) is 11.7 Å². The van der Waals surface area contributed by atoms with Gasteiger partial charge in [0.15, 0.2) is 0 Å². The molecule has 1 aromatic heterocycles. The van der Waals surface area contributed by atoms with E-state index >= 15 is 0 Å². The number of alkyl halides is 6. The number of rotatable bonds is 3. The SMILES string of the molecule is Cc1cc(-c2noc(C(F)(F)F)n2)ccc1NC(=O)CC(F)(F)F. The Morgan fingerprint density at radius 3 is 2.38 bits per heavy atom. The van der Waals surface area contributed by atoms with Crippen LogP contribution in [0.25, 0.3) is 11.4 Å². The van der Waals surface area contributed by atoms with Crippen LogP contribution in [0.2, 0.25) is 0 Å². The lowest BCUT2D eigenvalue weighted by Gasteiger charge is -2.10. The zero-order valence-electron chi connectivity index (χ0n) is 11.9. The van der Waals surface area contributed by atoms with Gasteiger partial charge in [-0.3, -0.25) is 4.79 Å². The first-order valence-electron chi connectivity index (χ1n) is 6.34. The van der Waals surface area contributed by atoms with Crippen LogP contribution in [0.15, 0.2) is 22.7 Å². The first kappa shape index (κ1) is 17.8. The molecule has 0 unspecified atom stereocenters. The highest BCUT2D eigenvalue weighted by Crippen LogP contribution is 2.30. The second-order valence-corrected chi connectivity index (χ2v) is 4.79. The molecule has 0 radical (unpaired) electrons. The van der Waals surface area contributed by atoms with Crippen LogP contribution in [0.5, 0.6) is 0 Å². The molecular formula is C13H9F6N3O2. The third-order valence-corrected chi connectivity index (χ3v) is 2.79. The molecule has 130 valence electrons. The summed E-state index contributed by atoms with van der Waals surface area (Å²) >= 11 is 0. The molecule has 1 heterocycles. The predicted octanol–water partition coefficient (Wildman–Crippen LogP) is 3.95. The maximum atomic E-state index is 12.4. The Morgan fingerprint density at radius 2 is 1.88 bits per heavy atom. The quantitative estimate of drug-likeness (QED) is 0.849. The van der Waals surface area contributed by atoms with E-state index in [0.29, 0.717) is 5.56 Å². The summed E-state index contributed by atoms with van der Waals surface area (Å²) < 4.78 is 77.6. The van der Waals surface area contributed by atoms with Crippen LogP contribution >= 0.6 is 0 Å². The Balaban J connectivity index is 2.18. The van der Waals surface area contributed by atoms with E-state index in [9.17, 15) is 31.1 Å². The molecule has 24 heavy (non-hydrogen) atoms. The first-order chi connectivity index (χ1) is 11.0. The van der Waals surface area contributed by atoms with E-state index < -0.39 is 30.6 Å². The van der Waals surface area contributed by atoms with Gasteiger partial charge in [-0.2, -0.15) is 31.3 Å².